The number of carbonyl (C=O) groups is 1. The molecule has 1 N–H and O–H groups in total. The molecule has 2 bridgehead atoms. The highest BCUT2D eigenvalue weighted by Crippen LogP contribution is 2.24. The molecule has 3 heterocycles. The molecule has 0 radical (unpaired) electrons. The van der Waals surface area contributed by atoms with E-state index in [2.05, 4.69) is 34.0 Å². The number of carbonyl (C=O) groups excluding carboxylic acids is 1. The van der Waals surface area contributed by atoms with Gasteiger partial charge in [0.05, 0.1) is 5.92 Å². The molecule has 5 nitrogen and oxygen atoms in total. The van der Waals surface area contributed by atoms with E-state index in [1.807, 2.05) is 12.3 Å². The van der Waals surface area contributed by atoms with Crippen molar-refractivity contribution in [2.24, 2.45) is 5.92 Å². The van der Waals surface area contributed by atoms with Gasteiger partial charge in [-0.2, -0.15) is 0 Å². The van der Waals surface area contributed by atoms with Crippen LogP contribution in [0.25, 0.3) is 0 Å². The molecule has 5 heteroatoms. The number of aromatic nitrogens is 2. The molecule has 0 unspecified atom stereocenters. The summed E-state index contributed by atoms with van der Waals surface area (Å²) < 4.78 is 0. The van der Waals surface area contributed by atoms with Crippen LogP contribution in [-0.4, -0.2) is 35.0 Å². The predicted octanol–water partition coefficient (Wildman–Crippen LogP) is 1.70. The first-order valence-electron chi connectivity index (χ1n) is 7.51. The summed E-state index contributed by atoms with van der Waals surface area (Å²) in [5, 5.41) is 3.14. The Labute approximate surface area is 119 Å². The average Bonchev–Trinajstić information content (AvgIpc) is 2.67. The summed E-state index contributed by atoms with van der Waals surface area (Å²) in [5.74, 6) is 1.44. The molecule has 2 atom stereocenters. The van der Waals surface area contributed by atoms with E-state index in [9.17, 15) is 4.79 Å². The lowest BCUT2D eigenvalue weighted by Gasteiger charge is -2.27. The van der Waals surface area contributed by atoms with Crippen LogP contribution in [-0.2, 0) is 4.79 Å². The zero-order valence-electron chi connectivity index (χ0n) is 12.2. The molecule has 0 aromatic carbocycles. The van der Waals surface area contributed by atoms with Crippen LogP contribution in [0.3, 0.4) is 0 Å². The molecule has 2 fully saturated rings. The molecule has 0 spiro atoms. The van der Waals surface area contributed by atoms with Gasteiger partial charge < -0.3 is 10.2 Å². The number of nitrogens with one attached hydrogen (secondary N) is 1. The van der Waals surface area contributed by atoms with Gasteiger partial charge in [0.25, 0.3) is 0 Å². The van der Waals surface area contributed by atoms with Crippen molar-refractivity contribution in [2.45, 2.75) is 45.1 Å². The standard InChI is InChI=1S/C15H22N4O/c1-10(2)13-6-7-16-15(18-13)19-8-11-4-3-5-12(9-19)17-14(11)20/h6-7,10-12H,3-5,8-9H2,1-2H3,(H,17,20)/t11-,12+/m1/s1. The topological polar surface area (TPSA) is 58.1 Å². The molecule has 1 aromatic heterocycles. The van der Waals surface area contributed by atoms with Crippen molar-refractivity contribution >= 4 is 11.9 Å². The molecular formula is C15H22N4O. The van der Waals surface area contributed by atoms with Crippen LogP contribution in [0.5, 0.6) is 0 Å². The average molecular weight is 274 g/mol. The molecular weight excluding hydrogens is 252 g/mol. The van der Waals surface area contributed by atoms with E-state index in [-0.39, 0.29) is 17.9 Å². The van der Waals surface area contributed by atoms with Gasteiger partial charge >= 0.3 is 0 Å². The van der Waals surface area contributed by atoms with Gasteiger partial charge in [-0.15, -0.1) is 0 Å². The number of amides is 1. The first kappa shape index (κ1) is 13.3. The monoisotopic (exact) mass is 274 g/mol. The summed E-state index contributed by atoms with van der Waals surface area (Å²) in [6.45, 7) is 5.83. The van der Waals surface area contributed by atoms with E-state index in [1.54, 1.807) is 0 Å². The van der Waals surface area contributed by atoms with Gasteiger partial charge in [0.2, 0.25) is 11.9 Å². The Hall–Kier alpha value is -1.65. The van der Waals surface area contributed by atoms with Crippen LogP contribution >= 0.6 is 0 Å². The first-order valence-corrected chi connectivity index (χ1v) is 7.51. The lowest BCUT2D eigenvalue weighted by Crippen LogP contribution is -2.39. The predicted molar refractivity (Wildman–Crippen MR) is 77.6 cm³/mol. The minimum absolute atomic E-state index is 0.0776. The van der Waals surface area contributed by atoms with Crippen molar-refractivity contribution in [1.82, 2.24) is 15.3 Å². The van der Waals surface area contributed by atoms with E-state index in [4.69, 9.17) is 0 Å². The molecule has 3 rings (SSSR count). The molecule has 0 aliphatic carbocycles. The molecule has 108 valence electrons. The van der Waals surface area contributed by atoms with Crippen molar-refractivity contribution in [3.8, 4) is 0 Å². The van der Waals surface area contributed by atoms with Gasteiger partial charge in [0.1, 0.15) is 0 Å². The quantitative estimate of drug-likeness (QED) is 0.892. The molecule has 1 amide bonds. The Morgan fingerprint density at radius 2 is 2.20 bits per heavy atom. The molecule has 20 heavy (non-hydrogen) atoms. The minimum atomic E-state index is 0.0776. The van der Waals surface area contributed by atoms with Gasteiger partial charge in [0, 0.05) is 31.0 Å². The smallest absolute Gasteiger partial charge is 0.225 e. The van der Waals surface area contributed by atoms with E-state index >= 15 is 0 Å². The molecule has 1 aromatic rings. The van der Waals surface area contributed by atoms with Crippen LogP contribution in [0.1, 0.15) is 44.7 Å². The third-order valence-corrected chi connectivity index (χ3v) is 4.24. The van der Waals surface area contributed by atoms with Gasteiger partial charge in [0.15, 0.2) is 0 Å². The van der Waals surface area contributed by atoms with E-state index in [1.165, 1.54) is 0 Å². The molecule has 2 aliphatic rings. The SMILES string of the molecule is CC(C)c1ccnc(N2C[C@@H]3CCC[C@H](C2)C(=O)N3)n1. The van der Waals surface area contributed by atoms with Crippen molar-refractivity contribution in [1.29, 1.82) is 0 Å². The zero-order valence-corrected chi connectivity index (χ0v) is 12.2. The maximum atomic E-state index is 12.1. The summed E-state index contributed by atoms with van der Waals surface area (Å²) in [5.41, 5.74) is 1.06. The van der Waals surface area contributed by atoms with Crippen molar-refractivity contribution < 1.29 is 4.79 Å². The number of fused-ring (bicyclic) bond motifs is 3. The zero-order chi connectivity index (χ0) is 14.1. The van der Waals surface area contributed by atoms with E-state index in [0.717, 1.165) is 44.0 Å². The normalized spacial score (nSPS) is 26.4. The van der Waals surface area contributed by atoms with E-state index < -0.39 is 0 Å². The maximum Gasteiger partial charge on any atom is 0.225 e. The summed E-state index contributed by atoms with van der Waals surface area (Å²) in [7, 11) is 0. The fourth-order valence-corrected chi connectivity index (χ4v) is 3.05. The second kappa shape index (κ2) is 5.38. The molecule has 2 saturated heterocycles. The van der Waals surface area contributed by atoms with Gasteiger partial charge in [-0.3, -0.25) is 4.79 Å². The maximum absolute atomic E-state index is 12.1. The minimum Gasteiger partial charge on any atom is -0.351 e. The van der Waals surface area contributed by atoms with Crippen LogP contribution < -0.4 is 10.2 Å². The molecule has 0 saturated carbocycles. The molecule has 2 aliphatic heterocycles. The van der Waals surface area contributed by atoms with Crippen molar-refractivity contribution in [3.05, 3.63) is 18.0 Å². The third-order valence-electron chi connectivity index (χ3n) is 4.24. The van der Waals surface area contributed by atoms with Gasteiger partial charge in [-0.25, -0.2) is 9.97 Å². The Balaban J connectivity index is 1.86. The second-order valence-corrected chi connectivity index (χ2v) is 6.17. The van der Waals surface area contributed by atoms with Gasteiger partial charge in [-0.1, -0.05) is 20.3 Å². The Bertz CT molecular complexity index is 502. The van der Waals surface area contributed by atoms with Crippen molar-refractivity contribution in [2.75, 3.05) is 18.0 Å². The fourth-order valence-electron chi connectivity index (χ4n) is 3.05. The number of nitrogens with zero attached hydrogens (tertiary/aromatic N) is 3. The highest BCUT2D eigenvalue weighted by molar-refractivity contribution is 5.80. The van der Waals surface area contributed by atoms with Crippen LogP contribution in [0.15, 0.2) is 12.3 Å². The number of hydrogen-bond donors (Lipinski definition) is 1. The largest absolute Gasteiger partial charge is 0.351 e. The third kappa shape index (κ3) is 2.62. The number of rotatable bonds is 2. The highest BCUT2D eigenvalue weighted by atomic mass is 16.2. The number of anilines is 1. The van der Waals surface area contributed by atoms with Crippen LogP contribution in [0, 0.1) is 5.92 Å². The summed E-state index contributed by atoms with van der Waals surface area (Å²) in [4.78, 5) is 23.3. The van der Waals surface area contributed by atoms with Gasteiger partial charge in [-0.05, 0) is 24.8 Å². The second-order valence-electron chi connectivity index (χ2n) is 6.17. The summed E-state index contributed by atoms with van der Waals surface area (Å²) in [6.07, 6.45) is 4.99. The number of hydrogen-bond acceptors (Lipinski definition) is 4. The lowest BCUT2D eigenvalue weighted by molar-refractivity contribution is -0.124. The van der Waals surface area contributed by atoms with E-state index in [0.29, 0.717) is 5.92 Å². The summed E-state index contributed by atoms with van der Waals surface area (Å²) >= 11 is 0. The lowest BCUT2D eigenvalue weighted by atomic mass is 9.99. The Morgan fingerprint density at radius 3 is 3.00 bits per heavy atom. The van der Waals surface area contributed by atoms with Crippen molar-refractivity contribution in [3.63, 3.8) is 0 Å². The Morgan fingerprint density at radius 1 is 1.35 bits per heavy atom. The summed E-state index contributed by atoms with van der Waals surface area (Å²) in [6, 6.07) is 2.21. The van der Waals surface area contributed by atoms with Crippen LogP contribution in [0.4, 0.5) is 5.95 Å². The Kier molecular flexibility index (Phi) is 3.59. The first-order chi connectivity index (χ1) is 9.63. The fraction of sp³-hybridized carbons (Fsp3) is 0.667. The van der Waals surface area contributed by atoms with Crippen LogP contribution in [0.2, 0.25) is 0 Å². The highest BCUT2D eigenvalue weighted by Gasteiger charge is 2.33.